The van der Waals surface area contributed by atoms with Crippen LogP contribution in [0.15, 0.2) is 11.6 Å². The molecule has 17 nitrogen and oxygen atoms in total. The van der Waals surface area contributed by atoms with Crippen LogP contribution in [0.3, 0.4) is 0 Å². The number of esters is 1. The summed E-state index contributed by atoms with van der Waals surface area (Å²) in [4.78, 5) is 12.0. The van der Waals surface area contributed by atoms with Crippen LogP contribution in [0.5, 0.6) is 0 Å². The van der Waals surface area contributed by atoms with Gasteiger partial charge in [0.15, 0.2) is 25.2 Å². The molecule has 0 bridgehead atoms. The molecular weight excluding hydrogens is 873 g/mol. The zero-order valence-corrected chi connectivity index (χ0v) is 41.1. The van der Waals surface area contributed by atoms with Crippen LogP contribution in [0.1, 0.15) is 119 Å². The van der Waals surface area contributed by atoms with Crippen LogP contribution in [-0.2, 0) is 61.6 Å². The molecule has 9 rings (SSSR count). The van der Waals surface area contributed by atoms with Crippen LogP contribution in [0, 0.1) is 34.5 Å². The van der Waals surface area contributed by atoms with E-state index in [0.29, 0.717) is 24.9 Å². The van der Waals surface area contributed by atoms with Gasteiger partial charge in [0.05, 0.1) is 54.4 Å². The minimum Gasteiger partial charge on any atom is -0.458 e. The van der Waals surface area contributed by atoms with Crippen molar-refractivity contribution in [2.24, 2.45) is 34.5 Å². The number of hydrogen-bond donors (Lipinski definition) is 4. The summed E-state index contributed by atoms with van der Waals surface area (Å²) in [6, 6.07) is 0. The van der Waals surface area contributed by atoms with Crippen LogP contribution < -0.4 is 0 Å². The van der Waals surface area contributed by atoms with Gasteiger partial charge in [-0.2, -0.15) is 0 Å². The largest absolute Gasteiger partial charge is 0.458 e. The zero-order chi connectivity index (χ0) is 47.7. The van der Waals surface area contributed by atoms with E-state index in [0.717, 1.165) is 63.4 Å². The van der Waals surface area contributed by atoms with Crippen LogP contribution >= 0.6 is 0 Å². The van der Waals surface area contributed by atoms with Gasteiger partial charge in [-0.05, 0) is 120 Å². The van der Waals surface area contributed by atoms with Gasteiger partial charge in [-0.15, -0.1) is 0 Å². The highest BCUT2D eigenvalue weighted by molar-refractivity contribution is 5.85. The monoisotopic (exact) mass is 953 g/mol. The van der Waals surface area contributed by atoms with Crippen molar-refractivity contribution in [2.75, 3.05) is 27.9 Å². The molecule has 5 aliphatic heterocycles. The molecule has 0 radical (unpaired) electrons. The fourth-order valence-corrected chi connectivity index (χ4v) is 14.9. The summed E-state index contributed by atoms with van der Waals surface area (Å²) in [7, 11) is 4.62. The highest BCUT2D eigenvalue weighted by Crippen LogP contribution is 2.70. The number of ether oxygens (including phenoxy) is 12. The first-order valence-electron chi connectivity index (χ1n) is 25.4. The third-order valence-corrected chi connectivity index (χ3v) is 18.7. The van der Waals surface area contributed by atoms with E-state index in [1.165, 1.54) is 14.2 Å². The number of rotatable bonds is 12. The highest BCUT2D eigenvalue weighted by Gasteiger charge is 2.68. The lowest BCUT2D eigenvalue weighted by atomic mass is 9.43. The second-order valence-corrected chi connectivity index (χ2v) is 22.2. The molecule has 67 heavy (non-hydrogen) atoms. The Kier molecular flexibility index (Phi) is 15.0. The summed E-state index contributed by atoms with van der Waals surface area (Å²) in [5.41, 5.74) is 0.178. The Balaban J connectivity index is 0.752. The molecule has 25 atom stereocenters. The first kappa shape index (κ1) is 50.5. The highest BCUT2D eigenvalue weighted by atomic mass is 16.8. The molecule has 382 valence electrons. The minimum atomic E-state index is -1.23. The Morgan fingerprint density at radius 1 is 0.612 bits per heavy atom. The van der Waals surface area contributed by atoms with E-state index in [2.05, 4.69) is 13.8 Å². The van der Waals surface area contributed by atoms with Crippen molar-refractivity contribution >= 4 is 5.97 Å². The molecule has 4 aliphatic carbocycles. The second-order valence-electron chi connectivity index (χ2n) is 22.2. The summed E-state index contributed by atoms with van der Waals surface area (Å²) in [6.45, 7) is 12.4. The van der Waals surface area contributed by atoms with E-state index in [1.807, 2.05) is 20.8 Å². The zero-order valence-electron chi connectivity index (χ0n) is 41.1. The van der Waals surface area contributed by atoms with Crippen molar-refractivity contribution in [1.82, 2.24) is 0 Å². The Morgan fingerprint density at radius 3 is 1.94 bits per heavy atom. The maximum absolute atomic E-state index is 12.6. The summed E-state index contributed by atoms with van der Waals surface area (Å²) in [6.07, 6.45) is -0.760. The smallest absolute Gasteiger partial charge is 0.331 e. The van der Waals surface area contributed by atoms with Gasteiger partial charge in [0.25, 0.3) is 0 Å². The topological polar surface area (TPSA) is 209 Å². The van der Waals surface area contributed by atoms with Crippen molar-refractivity contribution in [2.45, 2.75) is 235 Å². The molecule has 0 unspecified atom stereocenters. The average molecular weight is 953 g/mol. The lowest BCUT2D eigenvalue weighted by Gasteiger charge is -2.64. The summed E-state index contributed by atoms with van der Waals surface area (Å²) < 4.78 is 73.3. The second kappa shape index (κ2) is 19.9. The molecule has 17 heteroatoms. The van der Waals surface area contributed by atoms with Crippen molar-refractivity contribution < 1.29 is 82.1 Å². The quantitative estimate of drug-likeness (QED) is 0.161. The van der Waals surface area contributed by atoms with E-state index in [4.69, 9.17) is 56.8 Å². The molecular formula is C50H80O17. The van der Waals surface area contributed by atoms with Crippen LogP contribution in [0.2, 0.25) is 0 Å². The maximum atomic E-state index is 12.6. The normalized spacial score (nSPS) is 53.6. The number of methoxy groups -OCH3 is 3. The molecule has 4 saturated heterocycles. The number of carbonyl (C=O) groups is 1. The predicted octanol–water partition coefficient (Wildman–Crippen LogP) is 4.06. The van der Waals surface area contributed by atoms with Gasteiger partial charge < -0.3 is 77.3 Å². The van der Waals surface area contributed by atoms with Gasteiger partial charge in [-0.1, -0.05) is 13.8 Å². The van der Waals surface area contributed by atoms with Gasteiger partial charge in [-0.3, -0.25) is 0 Å². The Bertz CT molecular complexity index is 1740. The van der Waals surface area contributed by atoms with E-state index in [9.17, 15) is 25.2 Å². The fraction of sp³-hybridized carbons (Fsp3) is 0.940. The molecule has 4 saturated carbocycles. The molecule has 0 aromatic heterocycles. The van der Waals surface area contributed by atoms with E-state index in [-0.39, 0.29) is 47.6 Å². The molecule has 9 aliphatic rings. The molecule has 0 aromatic carbocycles. The van der Waals surface area contributed by atoms with Crippen LogP contribution in [-0.4, -0.2) is 171 Å². The van der Waals surface area contributed by atoms with Crippen molar-refractivity contribution in [3.05, 3.63) is 11.6 Å². The molecule has 0 spiro atoms. The summed E-state index contributed by atoms with van der Waals surface area (Å²) in [5, 5.41) is 46.1. The Labute approximate surface area is 396 Å². The van der Waals surface area contributed by atoms with E-state index >= 15 is 0 Å². The standard InChI is InChI=1S/C50H80O17/c1-24-41(53)35(56-7)21-39(60-24)66-45-27(4)63-47(42(54)46(45)58-9)67-44-26(3)62-40(22-36(44)57-8)65-43-25(2)61-38(20-34(43)51)64-30-12-15-48(5)29(19-30)10-11-33-32(48)13-16-49(6)31(14-17-50(33,49)55)28-18-37(52)59-23-28/h18,24-27,29-36,38-47,51,53-55H,10-17,19-23H2,1-9H3/t24-,25-,26-,27+,29+,30+,31+,32+,33-,34-,35-,36-,38+,39+,40+,41-,42+,43-,44-,45+,46+,47-,48+,49-,50+/m1/s1. The lowest BCUT2D eigenvalue weighted by molar-refractivity contribution is -0.364. The van der Waals surface area contributed by atoms with Crippen LogP contribution in [0.25, 0.3) is 0 Å². The number of cyclic esters (lactones) is 1. The minimum absolute atomic E-state index is 0.0127. The number of hydrogen-bond acceptors (Lipinski definition) is 17. The van der Waals surface area contributed by atoms with Crippen molar-refractivity contribution in [1.29, 1.82) is 0 Å². The number of aliphatic hydroxyl groups excluding tert-OH is 3. The first-order chi connectivity index (χ1) is 31.9. The number of aliphatic hydroxyl groups is 4. The van der Waals surface area contributed by atoms with Gasteiger partial charge in [-0.25, -0.2) is 4.79 Å². The van der Waals surface area contributed by atoms with Gasteiger partial charge >= 0.3 is 5.97 Å². The maximum Gasteiger partial charge on any atom is 0.331 e. The average Bonchev–Trinajstić information content (AvgIpc) is 3.84. The van der Waals surface area contributed by atoms with Crippen molar-refractivity contribution in [3.63, 3.8) is 0 Å². The summed E-state index contributed by atoms with van der Waals surface area (Å²) >= 11 is 0. The third kappa shape index (κ3) is 9.23. The molecule has 0 amide bonds. The lowest BCUT2D eigenvalue weighted by Crippen LogP contribution is -2.63. The number of carbonyl (C=O) groups excluding carboxylic acids is 1. The van der Waals surface area contributed by atoms with Gasteiger partial charge in [0.2, 0.25) is 0 Å². The summed E-state index contributed by atoms with van der Waals surface area (Å²) in [5.74, 6) is 1.09. The Hall–Kier alpha value is -1.39. The first-order valence-corrected chi connectivity index (χ1v) is 25.4. The van der Waals surface area contributed by atoms with E-state index in [1.54, 1.807) is 20.1 Å². The fourth-order valence-electron chi connectivity index (χ4n) is 14.9. The van der Waals surface area contributed by atoms with E-state index < -0.39 is 110 Å². The molecule has 5 heterocycles. The van der Waals surface area contributed by atoms with Crippen LogP contribution in [0.4, 0.5) is 0 Å². The Morgan fingerprint density at radius 2 is 1.27 bits per heavy atom. The number of fused-ring (bicyclic) bond motifs is 5. The predicted molar refractivity (Wildman–Crippen MR) is 237 cm³/mol. The SMILES string of the molecule is CO[C@H]1[C@H](O)[C@@H](O[C@@H]2[C@@H](C)O[C@@H](O[C@H]3[C@H](O)C[C@H](O[C@H]4CC[C@@]5(C)[C@@H](CC[C@@H]6[C@@H]5CC[C@]5(C)[C@H](C7=CC(=O)OC7)CC[C@]65O)C4)O[C@@H]3C)C[C@H]2OC)O[C@@H](C)[C@@H]1O[C@H]1C[C@@H](OC)[C@H](O)[C@@H](C)O1. The molecule has 4 N–H and O–H groups in total. The molecule has 8 fully saturated rings. The van der Waals surface area contributed by atoms with Gasteiger partial charge in [0, 0.05) is 52.1 Å². The van der Waals surface area contributed by atoms with Gasteiger partial charge in [0.1, 0.15) is 43.2 Å². The third-order valence-electron chi connectivity index (χ3n) is 18.7. The van der Waals surface area contributed by atoms with Crippen molar-refractivity contribution in [3.8, 4) is 0 Å². The molecule has 0 aromatic rings.